The summed E-state index contributed by atoms with van der Waals surface area (Å²) in [6.45, 7) is 1.12. The Morgan fingerprint density at radius 2 is 1.71 bits per heavy atom. The van der Waals surface area contributed by atoms with Gasteiger partial charge in [0, 0.05) is 24.9 Å². The number of anilines is 1. The number of hydrogen-bond acceptors (Lipinski definition) is 4. The number of rotatable bonds is 10. The van der Waals surface area contributed by atoms with E-state index in [-0.39, 0.29) is 12.6 Å². The highest BCUT2D eigenvalue weighted by Crippen LogP contribution is 2.22. The average molecular weight is 312 g/mol. The van der Waals surface area contributed by atoms with Crippen LogP contribution in [0.2, 0.25) is 0 Å². The van der Waals surface area contributed by atoms with Crippen molar-refractivity contribution >= 4 is 15.7 Å². The van der Waals surface area contributed by atoms with Crippen molar-refractivity contribution in [2.45, 2.75) is 49.5 Å². The van der Waals surface area contributed by atoms with E-state index in [4.69, 9.17) is 5.11 Å². The van der Waals surface area contributed by atoms with Crippen molar-refractivity contribution in [3.05, 3.63) is 24.3 Å². The molecule has 0 aliphatic heterocycles. The van der Waals surface area contributed by atoms with E-state index in [9.17, 15) is 8.42 Å². The summed E-state index contributed by atoms with van der Waals surface area (Å²) in [4.78, 5) is 0.322. The molecule has 0 atom stereocenters. The predicted molar refractivity (Wildman–Crippen MR) is 83.8 cm³/mol. The molecule has 1 aromatic rings. The van der Waals surface area contributed by atoms with Crippen LogP contribution in [0, 0.1) is 0 Å². The Labute approximate surface area is 126 Å². The monoisotopic (exact) mass is 312 g/mol. The van der Waals surface area contributed by atoms with Crippen LogP contribution in [-0.2, 0) is 10.0 Å². The van der Waals surface area contributed by atoms with E-state index >= 15 is 0 Å². The lowest BCUT2D eigenvalue weighted by atomic mass is 10.2. The molecule has 0 saturated heterocycles. The first-order chi connectivity index (χ1) is 10.1. The average Bonchev–Trinajstić information content (AvgIpc) is 3.26. The van der Waals surface area contributed by atoms with Crippen molar-refractivity contribution in [1.29, 1.82) is 0 Å². The van der Waals surface area contributed by atoms with E-state index in [1.165, 1.54) is 0 Å². The van der Waals surface area contributed by atoms with Crippen molar-refractivity contribution in [3.8, 4) is 0 Å². The Bertz CT molecular complexity index is 524. The summed E-state index contributed by atoms with van der Waals surface area (Å²) in [6.07, 6.45) is 5.92. The molecule has 0 spiro atoms. The highest BCUT2D eigenvalue weighted by molar-refractivity contribution is 7.89. The van der Waals surface area contributed by atoms with Crippen LogP contribution in [0.15, 0.2) is 29.2 Å². The van der Waals surface area contributed by atoms with Gasteiger partial charge in [-0.3, -0.25) is 0 Å². The largest absolute Gasteiger partial charge is 0.396 e. The number of hydrogen-bond donors (Lipinski definition) is 3. The molecule has 0 aromatic heterocycles. The zero-order chi connectivity index (χ0) is 15.1. The number of unbranched alkanes of at least 4 members (excludes halogenated alkanes) is 3. The topological polar surface area (TPSA) is 78.4 Å². The summed E-state index contributed by atoms with van der Waals surface area (Å²) in [5.41, 5.74) is 0.933. The fraction of sp³-hybridized carbons (Fsp3) is 0.600. The minimum atomic E-state index is -3.35. The smallest absolute Gasteiger partial charge is 0.240 e. The number of aliphatic hydroxyl groups is 1. The molecule has 2 rings (SSSR count). The van der Waals surface area contributed by atoms with Crippen molar-refractivity contribution < 1.29 is 13.5 Å². The standard InChI is InChI=1S/C15H24N2O3S/c18-12-4-2-1-3-11-16-13-7-9-15(10-8-13)21(19,20)17-14-5-6-14/h7-10,14,16-18H,1-6,11-12H2. The Kier molecular flexibility index (Phi) is 6.02. The molecule has 1 saturated carbocycles. The van der Waals surface area contributed by atoms with Crippen LogP contribution in [-0.4, -0.2) is 32.7 Å². The van der Waals surface area contributed by atoms with Crippen LogP contribution < -0.4 is 10.0 Å². The summed E-state index contributed by atoms with van der Waals surface area (Å²) in [5, 5.41) is 12.0. The molecule has 118 valence electrons. The van der Waals surface area contributed by atoms with Gasteiger partial charge in [-0.2, -0.15) is 0 Å². The van der Waals surface area contributed by atoms with Gasteiger partial charge in [0.25, 0.3) is 0 Å². The van der Waals surface area contributed by atoms with Gasteiger partial charge in [-0.05, 0) is 49.9 Å². The second-order valence-corrected chi connectivity index (χ2v) is 7.20. The molecule has 0 radical (unpaired) electrons. The molecule has 6 heteroatoms. The lowest BCUT2D eigenvalue weighted by molar-refractivity contribution is 0.283. The molecule has 21 heavy (non-hydrogen) atoms. The van der Waals surface area contributed by atoms with Crippen molar-refractivity contribution in [3.63, 3.8) is 0 Å². The molecule has 5 nitrogen and oxygen atoms in total. The number of nitrogens with one attached hydrogen (secondary N) is 2. The molecule has 0 unspecified atom stereocenters. The Balaban J connectivity index is 1.76. The van der Waals surface area contributed by atoms with Gasteiger partial charge in [-0.15, -0.1) is 0 Å². The van der Waals surface area contributed by atoms with Crippen LogP contribution in [0.5, 0.6) is 0 Å². The Morgan fingerprint density at radius 1 is 1.05 bits per heavy atom. The van der Waals surface area contributed by atoms with Gasteiger partial charge >= 0.3 is 0 Å². The third-order valence-electron chi connectivity index (χ3n) is 3.48. The van der Waals surface area contributed by atoms with E-state index in [1.54, 1.807) is 24.3 Å². The Morgan fingerprint density at radius 3 is 2.33 bits per heavy atom. The first-order valence-electron chi connectivity index (χ1n) is 7.59. The summed E-state index contributed by atoms with van der Waals surface area (Å²) in [5.74, 6) is 0. The molecule has 1 aliphatic carbocycles. The van der Waals surface area contributed by atoms with Crippen molar-refractivity contribution in [2.24, 2.45) is 0 Å². The van der Waals surface area contributed by atoms with Crippen LogP contribution >= 0.6 is 0 Å². The maximum Gasteiger partial charge on any atom is 0.240 e. The van der Waals surface area contributed by atoms with Crippen molar-refractivity contribution in [2.75, 3.05) is 18.5 Å². The zero-order valence-corrected chi connectivity index (χ0v) is 13.0. The fourth-order valence-corrected chi connectivity index (χ4v) is 3.37. The summed E-state index contributed by atoms with van der Waals surface area (Å²) < 4.78 is 26.7. The van der Waals surface area contributed by atoms with Crippen LogP contribution in [0.25, 0.3) is 0 Å². The third kappa shape index (κ3) is 5.65. The van der Waals surface area contributed by atoms with Gasteiger partial charge in [0.15, 0.2) is 0 Å². The second kappa shape index (κ2) is 7.77. The van der Waals surface area contributed by atoms with Gasteiger partial charge < -0.3 is 10.4 Å². The minimum absolute atomic E-state index is 0.131. The second-order valence-electron chi connectivity index (χ2n) is 5.48. The Hall–Kier alpha value is -1.11. The molecule has 3 N–H and O–H groups in total. The molecule has 1 aliphatic rings. The minimum Gasteiger partial charge on any atom is -0.396 e. The van der Waals surface area contributed by atoms with Gasteiger partial charge in [0.1, 0.15) is 0 Å². The number of aliphatic hydroxyl groups excluding tert-OH is 1. The summed E-state index contributed by atoms with van der Waals surface area (Å²) in [6, 6.07) is 7.01. The zero-order valence-electron chi connectivity index (χ0n) is 12.2. The maximum atomic E-state index is 12.0. The van der Waals surface area contributed by atoms with Gasteiger partial charge in [-0.1, -0.05) is 12.8 Å². The van der Waals surface area contributed by atoms with E-state index in [1.807, 2.05) is 0 Å². The van der Waals surface area contributed by atoms with Gasteiger partial charge in [0.2, 0.25) is 10.0 Å². The molecule has 0 heterocycles. The van der Waals surface area contributed by atoms with E-state index in [2.05, 4.69) is 10.0 Å². The lowest BCUT2D eigenvalue weighted by Gasteiger charge is -2.08. The third-order valence-corrected chi connectivity index (χ3v) is 5.01. The van der Waals surface area contributed by atoms with Crippen LogP contribution in [0.4, 0.5) is 5.69 Å². The summed E-state index contributed by atoms with van der Waals surface area (Å²) >= 11 is 0. The molecule has 1 aromatic carbocycles. The predicted octanol–water partition coefficient (Wildman–Crippen LogP) is 2.09. The normalized spacial score (nSPS) is 15.1. The van der Waals surface area contributed by atoms with E-state index in [0.29, 0.717) is 4.90 Å². The fourth-order valence-electron chi connectivity index (χ4n) is 2.06. The SMILES string of the molecule is O=S(=O)(NC1CC1)c1ccc(NCCCCCCO)cc1. The van der Waals surface area contributed by atoms with E-state index in [0.717, 1.165) is 50.8 Å². The molecule has 0 bridgehead atoms. The molecular weight excluding hydrogens is 288 g/mol. The first-order valence-corrected chi connectivity index (χ1v) is 9.07. The van der Waals surface area contributed by atoms with Crippen LogP contribution in [0.3, 0.4) is 0 Å². The summed E-state index contributed by atoms with van der Waals surface area (Å²) in [7, 11) is -3.35. The molecule has 0 amide bonds. The van der Waals surface area contributed by atoms with Gasteiger partial charge in [-0.25, -0.2) is 13.1 Å². The first kappa shape index (κ1) is 16.3. The highest BCUT2D eigenvalue weighted by atomic mass is 32.2. The molecular formula is C15H24N2O3S. The van der Waals surface area contributed by atoms with Crippen LogP contribution in [0.1, 0.15) is 38.5 Å². The number of benzene rings is 1. The lowest BCUT2D eigenvalue weighted by Crippen LogP contribution is -2.25. The molecule has 1 fully saturated rings. The highest BCUT2D eigenvalue weighted by Gasteiger charge is 2.27. The van der Waals surface area contributed by atoms with E-state index < -0.39 is 10.0 Å². The van der Waals surface area contributed by atoms with Crippen molar-refractivity contribution in [1.82, 2.24) is 4.72 Å². The maximum absolute atomic E-state index is 12.0. The quantitative estimate of drug-likeness (QED) is 0.578. The van der Waals surface area contributed by atoms with Gasteiger partial charge in [0.05, 0.1) is 4.90 Å². The number of sulfonamides is 1.